The van der Waals surface area contributed by atoms with Crippen molar-refractivity contribution in [3.8, 4) is 0 Å². The van der Waals surface area contributed by atoms with Crippen LogP contribution in [-0.2, 0) is 22.5 Å². The van der Waals surface area contributed by atoms with E-state index >= 15 is 0 Å². The molecule has 1 aliphatic carbocycles. The molecule has 1 atom stereocenters. The number of methoxy groups -OCH3 is 1. The molecule has 0 radical (unpaired) electrons. The van der Waals surface area contributed by atoms with Gasteiger partial charge in [0.15, 0.2) is 5.69 Å². The number of rotatable bonds is 5. The van der Waals surface area contributed by atoms with E-state index < -0.39 is 5.97 Å². The van der Waals surface area contributed by atoms with Gasteiger partial charge < -0.3 is 19.6 Å². The number of aliphatic hydroxyl groups is 1. The number of aryl methyl sites for hydroxylation is 1. The number of pyridine rings is 1. The molecule has 0 bridgehead atoms. The number of H-pyrrole nitrogens is 1. The summed E-state index contributed by atoms with van der Waals surface area (Å²) in [7, 11) is 1.59. The fourth-order valence-electron chi connectivity index (χ4n) is 3.50. The van der Waals surface area contributed by atoms with E-state index in [0.29, 0.717) is 12.3 Å². The van der Waals surface area contributed by atoms with Gasteiger partial charge in [0, 0.05) is 29.7 Å². The molecule has 2 aromatic rings. The van der Waals surface area contributed by atoms with Crippen molar-refractivity contribution in [2.24, 2.45) is 0 Å². The Labute approximate surface area is 134 Å². The van der Waals surface area contributed by atoms with Gasteiger partial charge in [-0.05, 0) is 31.7 Å². The molecule has 3 rings (SSSR count). The Hall–Kier alpha value is -1.92. The fourth-order valence-corrected chi connectivity index (χ4v) is 3.50. The monoisotopic (exact) mass is 318 g/mol. The van der Waals surface area contributed by atoms with E-state index in [0.717, 1.165) is 47.0 Å². The SMILES string of the molecule is CCOC(=O)c1ncc2[nH]c3c(c2c1COC)C(CO)CCC3. The van der Waals surface area contributed by atoms with E-state index in [9.17, 15) is 9.90 Å². The maximum absolute atomic E-state index is 12.2. The van der Waals surface area contributed by atoms with E-state index in [1.54, 1.807) is 20.2 Å². The Morgan fingerprint density at radius 2 is 2.35 bits per heavy atom. The molecule has 2 N–H and O–H groups in total. The second kappa shape index (κ2) is 6.68. The van der Waals surface area contributed by atoms with Crippen LogP contribution in [0, 0.1) is 0 Å². The molecule has 0 aromatic carbocycles. The second-order valence-electron chi connectivity index (χ2n) is 5.82. The van der Waals surface area contributed by atoms with E-state index in [4.69, 9.17) is 9.47 Å². The van der Waals surface area contributed by atoms with E-state index in [1.165, 1.54) is 0 Å². The Bertz CT molecular complexity index is 723. The molecule has 0 fully saturated rings. The average Bonchev–Trinajstić information content (AvgIpc) is 2.94. The maximum Gasteiger partial charge on any atom is 0.357 e. The van der Waals surface area contributed by atoms with Crippen molar-refractivity contribution >= 4 is 16.9 Å². The number of hydrogen-bond acceptors (Lipinski definition) is 5. The molecule has 6 nitrogen and oxygen atoms in total. The lowest BCUT2D eigenvalue weighted by atomic mass is 9.84. The third-order valence-electron chi connectivity index (χ3n) is 4.43. The maximum atomic E-state index is 12.2. The molecule has 0 aliphatic heterocycles. The fraction of sp³-hybridized carbons (Fsp3) is 0.529. The van der Waals surface area contributed by atoms with Gasteiger partial charge in [-0.2, -0.15) is 0 Å². The quantitative estimate of drug-likeness (QED) is 0.826. The molecule has 0 saturated heterocycles. The van der Waals surface area contributed by atoms with Crippen molar-refractivity contribution in [2.75, 3.05) is 20.3 Å². The van der Waals surface area contributed by atoms with E-state index in [1.807, 2.05) is 0 Å². The van der Waals surface area contributed by atoms with Crippen LogP contribution in [0.25, 0.3) is 10.9 Å². The van der Waals surface area contributed by atoms with E-state index in [-0.39, 0.29) is 19.1 Å². The van der Waals surface area contributed by atoms with Gasteiger partial charge in [0.1, 0.15) is 0 Å². The first-order chi connectivity index (χ1) is 11.2. The predicted molar refractivity (Wildman–Crippen MR) is 85.5 cm³/mol. The number of carbonyl (C=O) groups is 1. The molecule has 0 spiro atoms. The summed E-state index contributed by atoms with van der Waals surface area (Å²) in [6.45, 7) is 2.45. The molecule has 6 heteroatoms. The summed E-state index contributed by atoms with van der Waals surface area (Å²) in [5, 5.41) is 10.7. The van der Waals surface area contributed by atoms with Gasteiger partial charge in [-0.3, -0.25) is 0 Å². The molecule has 2 heterocycles. The molecular weight excluding hydrogens is 296 g/mol. The smallest absolute Gasteiger partial charge is 0.357 e. The number of aromatic amines is 1. The highest BCUT2D eigenvalue weighted by Gasteiger charge is 2.28. The Morgan fingerprint density at radius 3 is 3.04 bits per heavy atom. The summed E-state index contributed by atoms with van der Waals surface area (Å²) in [4.78, 5) is 19.9. The van der Waals surface area contributed by atoms with Gasteiger partial charge in [-0.15, -0.1) is 0 Å². The van der Waals surface area contributed by atoms with Crippen LogP contribution in [0.3, 0.4) is 0 Å². The highest BCUT2D eigenvalue weighted by Crippen LogP contribution is 2.39. The van der Waals surface area contributed by atoms with Gasteiger partial charge >= 0.3 is 5.97 Å². The first-order valence-electron chi connectivity index (χ1n) is 8.00. The number of ether oxygens (including phenoxy) is 2. The van der Waals surface area contributed by atoms with Crippen molar-refractivity contribution in [3.63, 3.8) is 0 Å². The summed E-state index contributed by atoms with van der Waals surface area (Å²) >= 11 is 0. The number of nitrogens with zero attached hydrogens (tertiary/aromatic N) is 1. The van der Waals surface area contributed by atoms with Gasteiger partial charge in [0.05, 0.1) is 31.5 Å². The third kappa shape index (κ3) is 2.72. The topological polar surface area (TPSA) is 84.4 Å². The van der Waals surface area contributed by atoms with Crippen LogP contribution >= 0.6 is 0 Å². The van der Waals surface area contributed by atoms with Crippen LogP contribution in [-0.4, -0.2) is 41.4 Å². The van der Waals surface area contributed by atoms with Crippen LogP contribution in [0.4, 0.5) is 0 Å². The second-order valence-corrected chi connectivity index (χ2v) is 5.82. The summed E-state index contributed by atoms with van der Waals surface area (Å²) in [5.74, 6) is -0.353. The van der Waals surface area contributed by atoms with Crippen molar-refractivity contribution in [1.82, 2.24) is 9.97 Å². The number of nitrogens with one attached hydrogen (secondary N) is 1. The van der Waals surface area contributed by atoms with Gasteiger partial charge in [0.2, 0.25) is 0 Å². The number of carbonyl (C=O) groups excluding carboxylic acids is 1. The zero-order valence-corrected chi connectivity index (χ0v) is 13.5. The zero-order chi connectivity index (χ0) is 16.4. The largest absolute Gasteiger partial charge is 0.461 e. The third-order valence-corrected chi connectivity index (χ3v) is 4.43. The van der Waals surface area contributed by atoms with Crippen molar-refractivity contribution < 1.29 is 19.4 Å². The molecule has 23 heavy (non-hydrogen) atoms. The van der Waals surface area contributed by atoms with Crippen LogP contribution in [0.1, 0.15) is 53.0 Å². The van der Waals surface area contributed by atoms with E-state index in [2.05, 4.69) is 9.97 Å². The van der Waals surface area contributed by atoms with Gasteiger partial charge in [0.25, 0.3) is 0 Å². The summed E-state index contributed by atoms with van der Waals surface area (Å²) in [5.41, 5.74) is 4.15. The lowest BCUT2D eigenvalue weighted by Crippen LogP contribution is -2.14. The summed E-state index contributed by atoms with van der Waals surface area (Å²) in [6.07, 6.45) is 4.61. The molecule has 0 saturated carbocycles. The minimum absolute atomic E-state index is 0.0838. The van der Waals surface area contributed by atoms with Crippen LogP contribution in [0.15, 0.2) is 6.20 Å². The number of aliphatic hydroxyl groups excluding tert-OH is 1. The van der Waals surface area contributed by atoms with Crippen LogP contribution in [0.5, 0.6) is 0 Å². The predicted octanol–water partition coefficient (Wildman–Crippen LogP) is 2.30. The number of esters is 1. The molecule has 2 aromatic heterocycles. The van der Waals surface area contributed by atoms with Crippen LogP contribution in [0.2, 0.25) is 0 Å². The average molecular weight is 318 g/mol. The molecule has 0 amide bonds. The summed E-state index contributed by atoms with van der Waals surface area (Å²) < 4.78 is 10.4. The number of hydrogen-bond donors (Lipinski definition) is 2. The Balaban J connectivity index is 2.24. The molecular formula is C17H22N2O4. The van der Waals surface area contributed by atoms with Crippen molar-refractivity contribution in [2.45, 2.75) is 38.7 Å². The van der Waals surface area contributed by atoms with Gasteiger partial charge in [-0.1, -0.05) is 0 Å². The standard InChI is InChI=1S/C17H22N2O4/c1-3-23-17(21)16-11(9-22-2)15-13(7-18-16)19-12-6-4-5-10(8-20)14(12)15/h7,10,19-20H,3-6,8-9H2,1-2H3. The zero-order valence-electron chi connectivity index (χ0n) is 13.5. The van der Waals surface area contributed by atoms with Crippen molar-refractivity contribution in [3.05, 3.63) is 28.7 Å². The summed E-state index contributed by atoms with van der Waals surface area (Å²) in [6, 6.07) is 0. The Kier molecular flexibility index (Phi) is 4.63. The first-order valence-corrected chi connectivity index (χ1v) is 8.00. The molecule has 124 valence electrons. The normalized spacial score (nSPS) is 17.3. The lowest BCUT2D eigenvalue weighted by molar-refractivity contribution is 0.0514. The Morgan fingerprint density at radius 1 is 1.52 bits per heavy atom. The minimum atomic E-state index is -0.437. The number of fused-ring (bicyclic) bond motifs is 3. The number of aromatic nitrogens is 2. The van der Waals surface area contributed by atoms with Gasteiger partial charge in [-0.25, -0.2) is 9.78 Å². The molecule has 1 unspecified atom stereocenters. The molecule has 1 aliphatic rings. The highest BCUT2D eigenvalue weighted by molar-refractivity contribution is 5.97. The lowest BCUT2D eigenvalue weighted by Gasteiger charge is -2.22. The minimum Gasteiger partial charge on any atom is -0.461 e. The van der Waals surface area contributed by atoms with Crippen molar-refractivity contribution in [1.29, 1.82) is 0 Å². The van der Waals surface area contributed by atoms with Crippen LogP contribution < -0.4 is 0 Å². The highest BCUT2D eigenvalue weighted by atomic mass is 16.5. The first kappa shape index (κ1) is 16.0.